The minimum absolute atomic E-state index is 0.477. The zero-order valence-electron chi connectivity index (χ0n) is 13.2. The number of hydrogen-bond acceptors (Lipinski definition) is 2. The first-order valence-electron chi connectivity index (χ1n) is 8.57. The summed E-state index contributed by atoms with van der Waals surface area (Å²) in [7, 11) is 2.35. The van der Waals surface area contributed by atoms with E-state index in [0.29, 0.717) is 5.41 Å². The second-order valence-electron chi connectivity index (χ2n) is 7.32. The molecule has 0 saturated heterocycles. The molecule has 2 fully saturated rings. The molecule has 0 aromatic heterocycles. The molecule has 0 aromatic rings. The minimum Gasteiger partial charge on any atom is -0.330 e. The first-order chi connectivity index (χ1) is 9.17. The molecule has 0 bridgehead atoms. The zero-order chi connectivity index (χ0) is 13.7. The Kier molecular flexibility index (Phi) is 5.70. The van der Waals surface area contributed by atoms with Crippen molar-refractivity contribution in [3.05, 3.63) is 0 Å². The van der Waals surface area contributed by atoms with Gasteiger partial charge in [-0.05, 0) is 63.6 Å². The van der Waals surface area contributed by atoms with Gasteiger partial charge in [0.2, 0.25) is 0 Å². The van der Waals surface area contributed by atoms with Crippen LogP contribution in [0.15, 0.2) is 0 Å². The number of nitrogens with two attached hydrogens (primary N) is 1. The van der Waals surface area contributed by atoms with Crippen molar-refractivity contribution in [2.24, 2.45) is 17.1 Å². The van der Waals surface area contributed by atoms with E-state index in [9.17, 15) is 0 Å². The minimum atomic E-state index is 0.477. The van der Waals surface area contributed by atoms with Crippen LogP contribution in [-0.2, 0) is 0 Å². The quantitative estimate of drug-likeness (QED) is 0.820. The van der Waals surface area contributed by atoms with Gasteiger partial charge in [0.05, 0.1) is 0 Å². The Morgan fingerprint density at radius 3 is 2.37 bits per heavy atom. The standard InChI is InChI=1S/C17H34N2/c1-15-8-4-5-9-16(15)19(2)13-12-17(14-18)10-6-3-7-11-17/h15-16H,3-14,18H2,1-2H3. The maximum Gasteiger partial charge on any atom is 0.0118 e. The third-order valence-corrected chi connectivity index (χ3v) is 5.97. The van der Waals surface area contributed by atoms with E-state index < -0.39 is 0 Å². The second kappa shape index (κ2) is 7.08. The molecule has 2 unspecified atom stereocenters. The molecule has 19 heavy (non-hydrogen) atoms. The zero-order valence-corrected chi connectivity index (χ0v) is 13.2. The lowest BCUT2D eigenvalue weighted by molar-refractivity contribution is 0.101. The molecule has 0 aromatic carbocycles. The largest absolute Gasteiger partial charge is 0.330 e. The molecule has 2 atom stereocenters. The predicted octanol–water partition coefficient (Wildman–Crippen LogP) is 3.80. The summed E-state index contributed by atoms with van der Waals surface area (Å²) >= 11 is 0. The lowest BCUT2D eigenvalue weighted by Gasteiger charge is -2.41. The van der Waals surface area contributed by atoms with Gasteiger partial charge in [0, 0.05) is 6.04 Å². The fourth-order valence-corrected chi connectivity index (χ4v) is 4.39. The average Bonchev–Trinajstić information content (AvgIpc) is 2.46. The summed E-state index contributed by atoms with van der Waals surface area (Å²) in [5.41, 5.74) is 6.59. The number of rotatable bonds is 5. The third kappa shape index (κ3) is 3.95. The van der Waals surface area contributed by atoms with Crippen molar-refractivity contribution in [3.8, 4) is 0 Å². The Morgan fingerprint density at radius 1 is 1.05 bits per heavy atom. The van der Waals surface area contributed by atoms with E-state index >= 15 is 0 Å². The third-order valence-electron chi connectivity index (χ3n) is 5.97. The van der Waals surface area contributed by atoms with Crippen molar-refractivity contribution in [2.75, 3.05) is 20.1 Å². The molecule has 0 spiro atoms. The van der Waals surface area contributed by atoms with E-state index in [0.717, 1.165) is 18.5 Å². The van der Waals surface area contributed by atoms with Crippen molar-refractivity contribution in [1.29, 1.82) is 0 Å². The van der Waals surface area contributed by atoms with Crippen LogP contribution in [0.3, 0.4) is 0 Å². The van der Waals surface area contributed by atoms with Crippen LogP contribution in [0.2, 0.25) is 0 Å². The van der Waals surface area contributed by atoms with Gasteiger partial charge < -0.3 is 10.6 Å². The van der Waals surface area contributed by atoms with E-state index in [1.165, 1.54) is 70.8 Å². The fraction of sp³-hybridized carbons (Fsp3) is 1.00. The summed E-state index contributed by atoms with van der Waals surface area (Å²) in [6.07, 6.45) is 14.0. The molecule has 2 saturated carbocycles. The Labute approximate surface area is 120 Å². The highest BCUT2D eigenvalue weighted by Gasteiger charge is 2.32. The molecule has 0 heterocycles. The van der Waals surface area contributed by atoms with Crippen molar-refractivity contribution < 1.29 is 0 Å². The molecule has 2 nitrogen and oxygen atoms in total. The molecule has 2 heteroatoms. The highest BCUT2D eigenvalue weighted by atomic mass is 15.1. The first kappa shape index (κ1) is 15.3. The average molecular weight is 266 g/mol. The van der Waals surface area contributed by atoms with Crippen LogP contribution in [0.4, 0.5) is 0 Å². The molecular formula is C17H34N2. The van der Waals surface area contributed by atoms with Gasteiger partial charge in [-0.25, -0.2) is 0 Å². The highest BCUT2D eigenvalue weighted by Crippen LogP contribution is 2.39. The van der Waals surface area contributed by atoms with E-state index in [1.807, 2.05) is 0 Å². The van der Waals surface area contributed by atoms with Gasteiger partial charge in [-0.15, -0.1) is 0 Å². The first-order valence-corrected chi connectivity index (χ1v) is 8.57. The van der Waals surface area contributed by atoms with Gasteiger partial charge in [0.15, 0.2) is 0 Å². The molecule has 0 radical (unpaired) electrons. The number of nitrogens with zero attached hydrogens (tertiary/aromatic N) is 1. The van der Waals surface area contributed by atoms with Crippen LogP contribution in [-0.4, -0.2) is 31.1 Å². The van der Waals surface area contributed by atoms with Gasteiger partial charge in [0.1, 0.15) is 0 Å². The Bertz CT molecular complexity index is 258. The fourth-order valence-electron chi connectivity index (χ4n) is 4.39. The van der Waals surface area contributed by atoms with Crippen LogP contribution in [0.5, 0.6) is 0 Å². The van der Waals surface area contributed by atoms with Crippen LogP contribution in [0.25, 0.3) is 0 Å². The SMILES string of the molecule is CC1CCCCC1N(C)CCC1(CN)CCCCC1. The summed E-state index contributed by atoms with van der Waals surface area (Å²) in [5.74, 6) is 0.888. The van der Waals surface area contributed by atoms with Gasteiger partial charge in [-0.3, -0.25) is 0 Å². The maximum absolute atomic E-state index is 6.11. The van der Waals surface area contributed by atoms with E-state index in [-0.39, 0.29) is 0 Å². The smallest absolute Gasteiger partial charge is 0.0118 e. The summed E-state index contributed by atoms with van der Waals surface area (Å²) in [4.78, 5) is 2.65. The van der Waals surface area contributed by atoms with E-state index in [2.05, 4.69) is 18.9 Å². The lowest BCUT2D eigenvalue weighted by atomic mass is 9.71. The second-order valence-corrected chi connectivity index (χ2v) is 7.32. The van der Waals surface area contributed by atoms with Gasteiger partial charge in [0.25, 0.3) is 0 Å². The normalized spacial score (nSPS) is 31.6. The summed E-state index contributed by atoms with van der Waals surface area (Å²) in [6.45, 7) is 4.60. The summed E-state index contributed by atoms with van der Waals surface area (Å²) in [6, 6.07) is 0.826. The Hall–Kier alpha value is -0.0800. The lowest BCUT2D eigenvalue weighted by Crippen LogP contribution is -2.42. The number of hydrogen-bond donors (Lipinski definition) is 1. The van der Waals surface area contributed by atoms with Crippen molar-refractivity contribution in [3.63, 3.8) is 0 Å². The van der Waals surface area contributed by atoms with Crippen LogP contribution >= 0.6 is 0 Å². The summed E-state index contributed by atoms with van der Waals surface area (Å²) in [5, 5.41) is 0. The van der Waals surface area contributed by atoms with Gasteiger partial charge >= 0.3 is 0 Å². The maximum atomic E-state index is 6.11. The molecular weight excluding hydrogens is 232 g/mol. The molecule has 0 aliphatic heterocycles. The summed E-state index contributed by atoms with van der Waals surface area (Å²) < 4.78 is 0. The monoisotopic (exact) mass is 266 g/mol. The molecule has 112 valence electrons. The van der Waals surface area contributed by atoms with Crippen molar-refractivity contribution in [1.82, 2.24) is 4.90 Å². The highest BCUT2D eigenvalue weighted by molar-refractivity contribution is 4.86. The van der Waals surface area contributed by atoms with Crippen LogP contribution in [0.1, 0.15) is 71.1 Å². The van der Waals surface area contributed by atoms with Crippen molar-refractivity contribution in [2.45, 2.75) is 77.2 Å². The van der Waals surface area contributed by atoms with Crippen LogP contribution < -0.4 is 5.73 Å². The van der Waals surface area contributed by atoms with Gasteiger partial charge in [-0.1, -0.05) is 39.0 Å². The van der Waals surface area contributed by atoms with Crippen LogP contribution in [0, 0.1) is 11.3 Å². The van der Waals surface area contributed by atoms with Gasteiger partial charge in [-0.2, -0.15) is 0 Å². The molecule has 2 aliphatic carbocycles. The Morgan fingerprint density at radius 2 is 1.74 bits per heavy atom. The topological polar surface area (TPSA) is 29.3 Å². The van der Waals surface area contributed by atoms with E-state index in [1.54, 1.807) is 0 Å². The molecule has 2 N–H and O–H groups in total. The molecule has 2 rings (SSSR count). The van der Waals surface area contributed by atoms with Crippen molar-refractivity contribution >= 4 is 0 Å². The predicted molar refractivity (Wildman–Crippen MR) is 83.2 cm³/mol. The molecule has 2 aliphatic rings. The molecule has 0 amide bonds. The van der Waals surface area contributed by atoms with E-state index in [4.69, 9.17) is 5.73 Å². The Balaban J connectivity index is 1.82.